The first-order valence-electron chi connectivity index (χ1n) is 5.29. The lowest BCUT2D eigenvalue weighted by molar-refractivity contribution is 0.375. The molecule has 1 nitrogen and oxygen atoms in total. The van der Waals surface area contributed by atoms with Gasteiger partial charge in [-0.15, -0.1) is 0 Å². The maximum atomic E-state index is 6.23. The fourth-order valence-electron chi connectivity index (χ4n) is 1.18. The zero-order valence-electron chi connectivity index (χ0n) is 10.3. The number of hydrogen-bond donors (Lipinski definition) is 0. The number of hydrogen-bond acceptors (Lipinski definition) is 1. The number of allylic oxidation sites excluding steroid dienone is 3. The van der Waals surface area contributed by atoms with Crippen molar-refractivity contribution in [3.63, 3.8) is 0 Å². The molecule has 0 aromatic rings. The third-order valence-electron chi connectivity index (χ3n) is 3.30. The van der Waals surface area contributed by atoms with Crippen LogP contribution in [-0.4, -0.2) is 8.32 Å². The van der Waals surface area contributed by atoms with Gasteiger partial charge in [-0.05, 0) is 30.6 Å². The SMILES string of the molecule is CC1=C(O[Si](C)(C)C(C)(C)C)CC=C1. The minimum atomic E-state index is -1.61. The first-order valence-corrected chi connectivity index (χ1v) is 8.20. The molecule has 0 heterocycles. The first-order chi connectivity index (χ1) is 6.24. The van der Waals surface area contributed by atoms with Crippen LogP contribution < -0.4 is 0 Å². The van der Waals surface area contributed by atoms with Crippen LogP contribution in [0.2, 0.25) is 18.1 Å². The summed E-state index contributed by atoms with van der Waals surface area (Å²) in [6.45, 7) is 13.6. The monoisotopic (exact) mass is 210 g/mol. The zero-order chi connectivity index (χ0) is 11.0. The van der Waals surface area contributed by atoms with E-state index in [1.165, 1.54) is 11.3 Å². The molecule has 0 aliphatic heterocycles. The second kappa shape index (κ2) is 3.57. The third kappa shape index (κ3) is 2.29. The average Bonchev–Trinajstić information content (AvgIpc) is 2.33. The lowest BCUT2D eigenvalue weighted by Gasteiger charge is -2.37. The summed E-state index contributed by atoms with van der Waals surface area (Å²) < 4.78 is 6.23. The van der Waals surface area contributed by atoms with Gasteiger partial charge in [-0.1, -0.05) is 32.9 Å². The summed E-state index contributed by atoms with van der Waals surface area (Å²) in [5.74, 6) is 1.19. The number of rotatable bonds is 2. The van der Waals surface area contributed by atoms with Gasteiger partial charge in [0.15, 0.2) is 0 Å². The Morgan fingerprint density at radius 1 is 1.29 bits per heavy atom. The van der Waals surface area contributed by atoms with Gasteiger partial charge in [0.25, 0.3) is 0 Å². The van der Waals surface area contributed by atoms with E-state index in [9.17, 15) is 0 Å². The Hall–Kier alpha value is -0.503. The molecule has 0 saturated carbocycles. The van der Waals surface area contributed by atoms with E-state index in [1.807, 2.05) is 0 Å². The lowest BCUT2D eigenvalue weighted by Crippen LogP contribution is -2.40. The van der Waals surface area contributed by atoms with Crippen LogP contribution in [-0.2, 0) is 4.43 Å². The third-order valence-corrected chi connectivity index (χ3v) is 7.66. The van der Waals surface area contributed by atoms with Crippen LogP contribution in [0, 0.1) is 0 Å². The van der Waals surface area contributed by atoms with Gasteiger partial charge in [0, 0.05) is 6.42 Å². The molecule has 0 aromatic carbocycles. The summed E-state index contributed by atoms with van der Waals surface area (Å²) in [5.41, 5.74) is 1.30. The van der Waals surface area contributed by atoms with Gasteiger partial charge in [-0.25, -0.2) is 0 Å². The molecule has 0 atom stereocenters. The van der Waals surface area contributed by atoms with Crippen molar-refractivity contribution in [3.8, 4) is 0 Å². The Labute approximate surface area is 89.0 Å². The van der Waals surface area contributed by atoms with Crippen LogP contribution in [0.25, 0.3) is 0 Å². The molecular formula is C12H22OSi. The van der Waals surface area contributed by atoms with Gasteiger partial charge in [-0.3, -0.25) is 0 Å². The van der Waals surface area contributed by atoms with Crippen molar-refractivity contribution in [1.29, 1.82) is 0 Å². The van der Waals surface area contributed by atoms with E-state index in [4.69, 9.17) is 4.43 Å². The first kappa shape index (κ1) is 11.6. The van der Waals surface area contributed by atoms with E-state index < -0.39 is 8.32 Å². The largest absolute Gasteiger partial charge is 0.546 e. The van der Waals surface area contributed by atoms with Crippen molar-refractivity contribution >= 4 is 8.32 Å². The van der Waals surface area contributed by atoms with Crippen LogP contribution in [0.1, 0.15) is 34.1 Å². The van der Waals surface area contributed by atoms with Crippen LogP contribution in [0.4, 0.5) is 0 Å². The van der Waals surface area contributed by atoms with Crippen molar-refractivity contribution in [3.05, 3.63) is 23.5 Å². The Bertz CT molecular complexity index is 279. The van der Waals surface area contributed by atoms with Gasteiger partial charge in [-0.2, -0.15) is 0 Å². The Morgan fingerprint density at radius 2 is 1.86 bits per heavy atom. The highest BCUT2D eigenvalue weighted by Gasteiger charge is 2.39. The fourth-order valence-corrected chi connectivity index (χ4v) is 2.35. The topological polar surface area (TPSA) is 9.23 Å². The van der Waals surface area contributed by atoms with Crippen molar-refractivity contribution in [2.45, 2.75) is 52.2 Å². The molecule has 1 aliphatic carbocycles. The van der Waals surface area contributed by atoms with Crippen LogP contribution in [0.3, 0.4) is 0 Å². The molecule has 80 valence electrons. The second-order valence-electron chi connectivity index (χ2n) is 5.58. The zero-order valence-corrected chi connectivity index (χ0v) is 11.3. The van der Waals surface area contributed by atoms with Crippen molar-refractivity contribution < 1.29 is 4.43 Å². The molecule has 1 rings (SSSR count). The molecule has 0 N–H and O–H groups in total. The molecule has 0 radical (unpaired) electrons. The van der Waals surface area contributed by atoms with E-state index >= 15 is 0 Å². The fraction of sp³-hybridized carbons (Fsp3) is 0.667. The van der Waals surface area contributed by atoms with Gasteiger partial charge >= 0.3 is 0 Å². The second-order valence-corrected chi connectivity index (χ2v) is 10.3. The molecule has 0 saturated heterocycles. The van der Waals surface area contributed by atoms with Crippen LogP contribution >= 0.6 is 0 Å². The molecule has 0 unspecified atom stereocenters. The molecular weight excluding hydrogens is 188 g/mol. The summed E-state index contributed by atoms with van der Waals surface area (Å²) in [7, 11) is -1.61. The Morgan fingerprint density at radius 3 is 2.21 bits per heavy atom. The summed E-state index contributed by atoms with van der Waals surface area (Å²) in [6.07, 6.45) is 5.32. The highest BCUT2D eigenvalue weighted by Crippen LogP contribution is 2.39. The summed E-state index contributed by atoms with van der Waals surface area (Å²) in [5, 5.41) is 0.295. The van der Waals surface area contributed by atoms with Crippen molar-refractivity contribution in [2.24, 2.45) is 0 Å². The van der Waals surface area contributed by atoms with Gasteiger partial charge in [0.1, 0.15) is 0 Å². The molecule has 2 heteroatoms. The highest BCUT2D eigenvalue weighted by molar-refractivity contribution is 6.74. The molecule has 14 heavy (non-hydrogen) atoms. The predicted octanol–water partition coefficient (Wildman–Crippen LogP) is 4.24. The van der Waals surface area contributed by atoms with E-state index in [0.29, 0.717) is 5.04 Å². The summed E-state index contributed by atoms with van der Waals surface area (Å²) in [6, 6.07) is 0. The minimum Gasteiger partial charge on any atom is -0.546 e. The highest BCUT2D eigenvalue weighted by atomic mass is 28.4. The maximum absolute atomic E-state index is 6.23. The molecule has 0 bridgehead atoms. The van der Waals surface area contributed by atoms with Crippen molar-refractivity contribution in [2.75, 3.05) is 0 Å². The van der Waals surface area contributed by atoms with E-state index in [1.54, 1.807) is 0 Å². The smallest absolute Gasteiger partial charge is 0.250 e. The normalized spacial score (nSPS) is 17.9. The minimum absolute atomic E-state index is 0.295. The molecule has 0 spiro atoms. The van der Waals surface area contributed by atoms with E-state index in [0.717, 1.165) is 6.42 Å². The lowest BCUT2D eigenvalue weighted by atomic mass is 10.2. The average molecular weight is 210 g/mol. The Kier molecular flexibility index (Phi) is 2.95. The molecule has 0 aromatic heterocycles. The summed E-state index contributed by atoms with van der Waals surface area (Å²) >= 11 is 0. The van der Waals surface area contributed by atoms with Crippen LogP contribution in [0.15, 0.2) is 23.5 Å². The van der Waals surface area contributed by atoms with Crippen molar-refractivity contribution in [1.82, 2.24) is 0 Å². The van der Waals surface area contributed by atoms with Crippen LogP contribution in [0.5, 0.6) is 0 Å². The summed E-state index contributed by atoms with van der Waals surface area (Å²) in [4.78, 5) is 0. The Balaban J connectivity index is 2.75. The molecule has 0 fully saturated rings. The maximum Gasteiger partial charge on any atom is 0.250 e. The predicted molar refractivity (Wildman–Crippen MR) is 64.7 cm³/mol. The van der Waals surface area contributed by atoms with Gasteiger partial charge in [0.2, 0.25) is 8.32 Å². The van der Waals surface area contributed by atoms with E-state index in [-0.39, 0.29) is 0 Å². The molecule has 0 amide bonds. The molecule has 1 aliphatic rings. The van der Waals surface area contributed by atoms with Gasteiger partial charge in [0.05, 0.1) is 5.76 Å². The van der Waals surface area contributed by atoms with Gasteiger partial charge < -0.3 is 4.43 Å². The standard InChI is InChI=1S/C12H22OSi/c1-10-8-7-9-11(10)13-14(5,6)12(2,3)4/h7-8H,9H2,1-6H3. The quantitative estimate of drug-likeness (QED) is 0.619. The van der Waals surface area contributed by atoms with E-state index in [2.05, 4.69) is 52.9 Å².